The normalized spacial score (nSPS) is 20.4. The number of thiazole rings is 1. The van der Waals surface area contributed by atoms with Crippen LogP contribution in [0.3, 0.4) is 0 Å². The average Bonchev–Trinajstić information content (AvgIpc) is 3.32. The van der Waals surface area contributed by atoms with Gasteiger partial charge < -0.3 is 10.2 Å². The van der Waals surface area contributed by atoms with Crippen LogP contribution < -0.4 is 10.2 Å². The maximum absolute atomic E-state index is 4.94. The van der Waals surface area contributed by atoms with Gasteiger partial charge in [-0.15, -0.1) is 11.3 Å². The average molecular weight is 293 g/mol. The summed E-state index contributed by atoms with van der Waals surface area (Å²) in [7, 11) is 2.21. The third-order valence-corrected chi connectivity index (χ3v) is 5.77. The van der Waals surface area contributed by atoms with Crippen LogP contribution in [0.25, 0.3) is 0 Å². The summed E-state index contributed by atoms with van der Waals surface area (Å²) in [6.07, 6.45) is 5.48. The summed E-state index contributed by atoms with van der Waals surface area (Å²) < 4.78 is 0. The van der Waals surface area contributed by atoms with Crippen LogP contribution in [0.1, 0.15) is 62.9 Å². The lowest BCUT2D eigenvalue weighted by Crippen LogP contribution is -2.30. The number of hydrogen-bond donors (Lipinski definition) is 1. The topological polar surface area (TPSA) is 28.2 Å². The monoisotopic (exact) mass is 293 g/mol. The summed E-state index contributed by atoms with van der Waals surface area (Å²) in [5.41, 5.74) is 1.30. The van der Waals surface area contributed by atoms with E-state index in [1.807, 2.05) is 11.3 Å². The molecule has 1 aromatic heterocycles. The molecule has 20 heavy (non-hydrogen) atoms. The van der Waals surface area contributed by atoms with E-state index >= 15 is 0 Å². The van der Waals surface area contributed by atoms with E-state index in [1.54, 1.807) is 0 Å². The van der Waals surface area contributed by atoms with Crippen LogP contribution in [0.15, 0.2) is 0 Å². The molecular formula is C16H27N3S. The van der Waals surface area contributed by atoms with Crippen LogP contribution in [0.4, 0.5) is 5.13 Å². The van der Waals surface area contributed by atoms with Crippen LogP contribution in [-0.2, 0) is 6.54 Å². The maximum atomic E-state index is 4.94. The van der Waals surface area contributed by atoms with E-state index in [0.717, 1.165) is 18.5 Å². The van der Waals surface area contributed by atoms with Gasteiger partial charge in [-0.3, -0.25) is 0 Å². The molecule has 0 bridgehead atoms. The van der Waals surface area contributed by atoms with Gasteiger partial charge in [0.2, 0.25) is 0 Å². The van der Waals surface area contributed by atoms with Crippen molar-refractivity contribution < 1.29 is 0 Å². The Balaban J connectivity index is 1.74. The highest BCUT2D eigenvalue weighted by atomic mass is 32.1. The van der Waals surface area contributed by atoms with Crippen molar-refractivity contribution in [3.8, 4) is 0 Å². The van der Waals surface area contributed by atoms with Crippen molar-refractivity contribution in [2.45, 2.75) is 71.0 Å². The van der Waals surface area contributed by atoms with E-state index in [0.29, 0.717) is 12.0 Å². The first-order valence-corrected chi connectivity index (χ1v) is 8.83. The lowest BCUT2D eigenvalue weighted by Gasteiger charge is -2.24. The Morgan fingerprint density at radius 2 is 1.95 bits per heavy atom. The molecule has 3 nitrogen and oxygen atoms in total. The Bertz CT molecular complexity index is 460. The Morgan fingerprint density at radius 1 is 1.25 bits per heavy atom. The molecule has 112 valence electrons. The molecule has 1 heterocycles. The quantitative estimate of drug-likeness (QED) is 0.830. The van der Waals surface area contributed by atoms with Crippen molar-refractivity contribution in [2.24, 2.45) is 5.92 Å². The Morgan fingerprint density at radius 3 is 2.50 bits per heavy atom. The highest BCUT2D eigenvalue weighted by Gasteiger charge is 2.32. The zero-order valence-corrected chi connectivity index (χ0v) is 14.0. The van der Waals surface area contributed by atoms with Crippen LogP contribution in [-0.4, -0.2) is 24.1 Å². The largest absolute Gasteiger partial charge is 0.348 e. The predicted molar refractivity (Wildman–Crippen MR) is 86.7 cm³/mol. The van der Waals surface area contributed by atoms with E-state index in [4.69, 9.17) is 4.98 Å². The fourth-order valence-corrected chi connectivity index (χ4v) is 3.89. The first-order valence-electron chi connectivity index (χ1n) is 8.02. The highest BCUT2D eigenvalue weighted by molar-refractivity contribution is 7.15. The molecule has 4 heteroatoms. The molecule has 1 aromatic rings. The molecule has 3 rings (SSSR count). The van der Waals surface area contributed by atoms with Gasteiger partial charge in [0, 0.05) is 30.6 Å². The molecule has 0 aliphatic heterocycles. The van der Waals surface area contributed by atoms with Gasteiger partial charge in [0.25, 0.3) is 0 Å². The first kappa shape index (κ1) is 14.3. The van der Waals surface area contributed by atoms with Gasteiger partial charge in [-0.05, 0) is 44.4 Å². The van der Waals surface area contributed by atoms with E-state index in [9.17, 15) is 0 Å². The van der Waals surface area contributed by atoms with Gasteiger partial charge in [0.15, 0.2) is 5.13 Å². The van der Waals surface area contributed by atoms with Crippen LogP contribution in [0.5, 0.6) is 0 Å². The molecule has 1 N–H and O–H groups in total. The lowest BCUT2D eigenvalue weighted by atomic mass is 10.1. The molecule has 0 radical (unpaired) electrons. The summed E-state index contributed by atoms with van der Waals surface area (Å²) in [4.78, 5) is 8.78. The summed E-state index contributed by atoms with van der Waals surface area (Å²) in [5, 5.41) is 4.85. The number of nitrogens with one attached hydrogen (secondary N) is 1. The number of rotatable bonds is 7. The fourth-order valence-electron chi connectivity index (χ4n) is 2.67. The van der Waals surface area contributed by atoms with Gasteiger partial charge in [0.1, 0.15) is 0 Å². The molecule has 2 saturated carbocycles. The van der Waals surface area contributed by atoms with Crippen molar-refractivity contribution >= 4 is 16.5 Å². The summed E-state index contributed by atoms with van der Waals surface area (Å²) in [5.74, 6) is 1.40. The highest BCUT2D eigenvalue weighted by Crippen LogP contribution is 2.38. The molecule has 0 aromatic carbocycles. The molecule has 0 amide bonds. The lowest BCUT2D eigenvalue weighted by molar-refractivity contribution is 0.606. The fraction of sp³-hybridized carbons (Fsp3) is 0.812. The maximum Gasteiger partial charge on any atom is 0.185 e. The molecule has 0 saturated heterocycles. The number of nitrogens with zero attached hydrogens (tertiary/aromatic N) is 2. The number of anilines is 1. The zero-order chi connectivity index (χ0) is 14.3. The minimum atomic E-state index is 0.514. The van der Waals surface area contributed by atoms with E-state index in [2.05, 4.69) is 38.0 Å². The van der Waals surface area contributed by atoms with E-state index in [-0.39, 0.29) is 0 Å². The standard InChI is InChI=1S/C16H27N3S/c1-10(2)15-14(9-17-13-7-8-13)20-16(18-15)19(4)11(3)12-5-6-12/h10-13,17H,5-9H2,1-4H3. The van der Waals surface area contributed by atoms with E-state index < -0.39 is 0 Å². The molecule has 1 atom stereocenters. The van der Waals surface area contributed by atoms with Gasteiger partial charge in [-0.2, -0.15) is 0 Å². The zero-order valence-electron chi connectivity index (χ0n) is 13.1. The van der Waals surface area contributed by atoms with Crippen LogP contribution in [0.2, 0.25) is 0 Å². The first-order chi connectivity index (χ1) is 9.56. The molecule has 1 unspecified atom stereocenters. The van der Waals surface area contributed by atoms with Gasteiger partial charge in [-0.25, -0.2) is 4.98 Å². The Hall–Kier alpha value is -0.610. The Labute approximate surface area is 126 Å². The molecule has 2 fully saturated rings. The molecular weight excluding hydrogens is 266 g/mol. The summed E-state index contributed by atoms with van der Waals surface area (Å²) in [6.45, 7) is 7.85. The minimum absolute atomic E-state index is 0.514. The van der Waals surface area contributed by atoms with Crippen molar-refractivity contribution in [3.63, 3.8) is 0 Å². The third-order valence-electron chi connectivity index (χ3n) is 4.61. The molecule has 0 spiro atoms. The van der Waals surface area contributed by atoms with Crippen LogP contribution in [0, 0.1) is 5.92 Å². The molecule has 2 aliphatic rings. The minimum Gasteiger partial charge on any atom is -0.348 e. The predicted octanol–water partition coefficient (Wildman–Crippen LogP) is 3.75. The van der Waals surface area contributed by atoms with Gasteiger partial charge >= 0.3 is 0 Å². The summed E-state index contributed by atoms with van der Waals surface area (Å²) >= 11 is 1.89. The second-order valence-corrected chi connectivity index (χ2v) is 7.87. The van der Waals surface area contributed by atoms with Crippen molar-refractivity contribution in [3.05, 3.63) is 10.6 Å². The summed E-state index contributed by atoms with van der Waals surface area (Å²) in [6, 6.07) is 1.40. The third kappa shape index (κ3) is 3.17. The number of aromatic nitrogens is 1. The van der Waals surface area contributed by atoms with Gasteiger partial charge in [0.05, 0.1) is 5.69 Å². The van der Waals surface area contributed by atoms with Crippen molar-refractivity contribution in [1.82, 2.24) is 10.3 Å². The Kier molecular flexibility index (Phi) is 4.04. The van der Waals surface area contributed by atoms with Crippen molar-refractivity contribution in [1.29, 1.82) is 0 Å². The van der Waals surface area contributed by atoms with E-state index in [1.165, 1.54) is 41.4 Å². The number of hydrogen-bond acceptors (Lipinski definition) is 4. The SMILES string of the molecule is CC(C)c1nc(N(C)C(C)C2CC2)sc1CNC1CC1. The molecule has 2 aliphatic carbocycles. The van der Waals surface area contributed by atoms with Crippen molar-refractivity contribution in [2.75, 3.05) is 11.9 Å². The second kappa shape index (κ2) is 5.64. The van der Waals surface area contributed by atoms with Gasteiger partial charge in [-0.1, -0.05) is 13.8 Å². The smallest absolute Gasteiger partial charge is 0.185 e. The van der Waals surface area contributed by atoms with Crippen LogP contribution >= 0.6 is 11.3 Å². The second-order valence-electron chi connectivity index (χ2n) is 6.80.